The molecule has 4 nitrogen and oxygen atoms in total. The van der Waals surface area contributed by atoms with E-state index in [-0.39, 0.29) is 0 Å². The summed E-state index contributed by atoms with van der Waals surface area (Å²) < 4.78 is 0. The molecule has 2 heterocycles. The maximum Gasteiger partial charge on any atom is 0.347 e. The van der Waals surface area contributed by atoms with Gasteiger partial charge in [-0.1, -0.05) is 25.2 Å². The molecule has 1 aliphatic heterocycles. The van der Waals surface area contributed by atoms with Gasteiger partial charge in [0.25, 0.3) is 0 Å². The lowest BCUT2D eigenvalue weighted by molar-refractivity contribution is 0.0700. The first-order valence-electron chi connectivity index (χ1n) is 6.45. The minimum absolute atomic E-state index is 0.314. The highest BCUT2D eigenvalue weighted by Gasteiger charge is 2.35. The molecule has 0 bridgehead atoms. The molecule has 3 rings (SSSR count). The minimum atomic E-state index is -0.820. The molecule has 2 aliphatic rings. The molecular weight excluding hydrogens is 248 g/mol. The van der Waals surface area contributed by atoms with Crippen molar-refractivity contribution in [3.8, 4) is 0 Å². The monoisotopic (exact) mass is 266 g/mol. The maximum absolute atomic E-state index is 11.3. The molecule has 0 amide bonds. The van der Waals surface area contributed by atoms with Crippen LogP contribution in [0.2, 0.25) is 0 Å². The number of hydrogen-bond donors (Lipinski definition) is 1. The lowest BCUT2D eigenvalue weighted by atomic mass is 9.93. The number of aromatic nitrogens is 1. The SMILES string of the molecule is CC1(C)CCN(c2nc(C3CC3)c(C(=O)O)s2)C1. The largest absolute Gasteiger partial charge is 0.477 e. The maximum atomic E-state index is 11.3. The van der Waals surface area contributed by atoms with Crippen LogP contribution in [0, 0.1) is 5.41 Å². The highest BCUT2D eigenvalue weighted by Crippen LogP contribution is 2.45. The van der Waals surface area contributed by atoms with Crippen molar-refractivity contribution in [2.75, 3.05) is 18.0 Å². The van der Waals surface area contributed by atoms with Crippen LogP contribution in [0.25, 0.3) is 0 Å². The van der Waals surface area contributed by atoms with E-state index in [0.29, 0.717) is 16.2 Å². The molecule has 2 fully saturated rings. The van der Waals surface area contributed by atoms with Gasteiger partial charge in [-0.2, -0.15) is 0 Å². The number of thiazole rings is 1. The zero-order chi connectivity index (χ0) is 12.9. The van der Waals surface area contributed by atoms with Gasteiger partial charge in [0, 0.05) is 19.0 Å². The van der Waals surface area contributed by atoms with Crippen LogP contribution in [0.5, 0.6) is 0 Å². The molecule has 1 N–H and O–H groups in total. The number of carbonyl (C=O) groups is 1. The lowest BCUT2D eigenvalue weighted by Gasteiger charge is -2.18. The summed E-state index contributed by atoms with van der Waals surface area (Å²) in [5.74, 6) is -0.421. The van der Waals surface area contributed by atoms with Crippen LogP contribution in [0.15, 0.2) is 0 Å². The van der Waals surface area contributed by atoms with Crippen LogP contribution < -0.4 is 4.90 Å². The van der Waals surface area contributed by atoms with Gasteiger partial charge in [-0.3, -0.25) is 0 Å². The van der Waals surface area contributed by atoms with E-state index >= 15 is 0 Å². The van der Waals surface area contributed by atoms with Crippen molar-refractivity contribution in [2.45, 2.75) is 39.0 Å². The Morgan fingerprint density at radius 1 is 1.50 bits per heavy atom. The number of carboxylic acids is 1. The van der Waals surface area contributed by atoms with E-state index in [1.165, 1.54) is 11.3 Å². The second-order valence-electron chi connectivity index (χ2n) is 6.13. The Balaban J connectivity index is 1.89. The van der Waals surface area contributed by atoms with Gasteiger partial charge in [0.05, 0.1) is 5.69 Å². The third-order valence-corrected chi connectivity index (χ3v) is 4.87. The van der Waals surface area contributed by atoms with E-state index in [9.17, 15) is 9.90 Å². The van der Waals surface area contributed by atoms with Crippen LogP contribution >= 0.6 is 11.3 Å². The molecule has 0 radical (unpaired) electrons. The summed E-state index contributed by atoms with van der Waals surface area (Å²) in [5.41, 5.74) is 1.14. The van der Waals surface area contributed by atoms with E-state index in [0.717, 1.165) is 43.2 Å². The first-order chi connectivity index (χ1) is 8.46. The van der Waals surface area contributed by atoms with Crippen molar-refractivity contribution in [2.24, 2.45) is 5.41 Å². The van der Waals surface area contributed by atoms with Crippen molar-refractivity contribution in [1.82, 2.24) is 4.98 Å². The molecule has 0 aromatic carbocycles. The topological polar surface area (TPSA) is 53.4 Å². The van der Waals surface area contributed by atoms with Crippen LogP contribution in [0.4, 0.5) is 5.13 Å². The number of rotatable bonds is 3. The fourth-order valence-corrected chi connectivity index (χ4v) is 3.53. The second-order valence-corrected chi connectivity index (χ2v) is 7.10. The van der Waals surface area contributed by atoms with E-state index in [1.54, 1.807) is 0 Å². The quantitative estimate of drug-likeness (QED) is 0.914. The predicted octanol–water partition coefficient (Wildman–Crippen LogP) is 2.96. The van der Waals surface area contributed by atoms with Crippen molar-refractivity contribution in [1.29, 1.82) is 0 Å². The summed E-state index contributed by atoms with van der Waals surface area (Å²) in [6, 6.07) is 0. The smallest absolute Gasteiger partial charge is 0.347 e. The Bertz CT molecular complexity index is 491. The normalized spacial score (nSPS) is 22.4. The minimum Gasteiger partial charge on any atom is -0.477 e. The van der Waals surface area contributed by atoms with E-state index in [2.05, 4.69) is 23.7 Å². The third-order valence-electron chi connectivity index (χ3n) is 3.75. The first kappa shape index (κ1) is 12.0. The van der Waals surface area contributed by atoms with Crippen LogP contribution in [-0.4, -0.2) is 29.1 Å². The molecular formula is C13H18N2O2S. The van der Waals surface area contributed by atoms with E-state index in [1.807, 2.05) is 0 Å². The molecule has 1 aromatic heterocycles. The van der Waals surface area contributed by atoms with Crippen LogP contribution in [0.3, 0.4) is 0 Å². The van der Waals surface area contributed by atoms with Gasteiger partial charge in [-0.15, -0.1) is 0 Å². The van der Waals surface area contributed by atoms with E-state index < -0.39 is 5.97 Å². The Morgan fingerprint density at radius 3 is 2.72 bits per heavy atom. The van der Waals surface area contributed by atoms with E-state index in [4.69, 9.17) is 0 Å². The van der Waals surface area contributed by atoms with Gasteiger partial charge in [0.1, 0.15) is 4.88 Å². The molecule has 1 aromatic rings. The fraction of sp³-hybridized carbons (Fsp3) is 0.692. The predicted molar refractivity (Wildman–Crippen MR) is 71.7 cm³/mol. The summed E-state index contributed by atoms with van der Waals surface area (Å²) >= 11 is 1.35. The number of hydrogen-bond acceptors (Lipinski definition) is 4. The van der Waals surface area contributed by atoms with Gasteiger partial charge >= 0.3 is 5.97 Å². The number of nitrogens with zero attached hydrogens (tertiary/aromatic N) is 2. The number of anilines is 1. The standard InChI is InChI=1S/C13H18N2O2S/c1-13(2)5-6-15(7-13)12-14-9(8-3-4-8)10(18-12)11(16)17/h8H,3-7H2,1-2H3,(H,16,17). The molecule has 1 aliphatic carbocycles. The fourth-order valence-electron chi connectivity index (χ4n) is 2.52. The van der Waals surface area contributed by atoms with Crippen LogP contribution in [0.1, 0.15) is 54.4 Å². The third kappa shape index (κ3) is 2.11. The molecule has 5 heteroatoms. The highest BCUT2D eigenvalue weighted by molar-refractivity contribution is 7.17. The summed E-state index contributed by atoms with van der Waals surface area (Å²) in [6.07, 6.45) is 3.33. The molecule has 1 saturated heterocycles. The number of aromatic carboxylic acids is 1. The first-order valence-corrected chi connectivity index (χ1v) is 7.27. The Morgan fingerprint density at radius 2 is 2.22 bits per heavy atom. The zero-order valence-corrected chi connectivity index (χ0v) is 11.6. The lowest BCUT2D eigenvalue weighted by Crippen LogP contribution is -2.22. The molecule has 1 saturated carbocycles. The molecule has 18 heavy (non-hydrogen) atoms. The average molecular weight is 266 g/mol. The Kier molecular flexibility index (Phi) is 2.62. The van der Waals surface area contributed by atoms with Crippen molar-refractivity contribution in [3.63, 3.8) is 0 Å². The Hall–Kier alpha value is -1.10. The molecule has 0 spiro atoms. The highest BCUT2D eigenvalue weighted by atomic mass is 32.1. The summed E-state index contributed by atoms with van der Waals surface area (Å²) in [4.78, 5) is 18.6. The molecule has 0 unspecified atom stereocenters. The average Bonchev–Trinajstić information content (AvgIpc) is 2.92. The molecule has 0 atom stereocenters. The number of carboxylic acid groups (broad SMARTS) is 1. The Labute approximate surface area is 111 Å². The van der Waals surface area contributed by atoms with Crippen molar-refractivity contribution >= 4 is 22.4 Å². The molecule has 98 valence electrons. The summed E-state index contributed by atoms with van der Waals surface area (Å²) in [5, 5.41) is 10.2. The summed E-state index contributed by atoms with van der Waals surface area (Å²) in [7, 11) is 0. The summed E-state index contributed by atoms with van der Waals surface area (Å²) in [6.45, 7) is 6.47. The van der Waals surface area contributed by atoms with Crippen molar-refractivity contribution in [3.05, 3.63) is 10.6 Å². The van der Waals surface area contributed by atoms with Gasteiger partial charge in [0.2, 0.25) is 0 Å². The van der Waals surface area contributed by atoms with Crippen molar-refractivity contribution < 1.29 is 9.90 Å². The van der Waals surface area contributed by atoms with Gasteiger partial charge < -0.3 is 10.0 Å². The van der Waals surface area contributed by atoms with Gasteiger partial charge in [-0.05, 0) is 24.7 Å². The zero-order valence-electron chi connectivity index (χ0n) is 10.8. The van der Waals surface area contributed by atoms with Gasteiger partial charge in [-0.25, -0.2) is 9.78 Å². The van der Waals surface area contributed by atoms with Gasteiger partial charge in [0.15, 0.2) is 5.13 Å². The van der Waals surface area contributed by atoms with Crippen LogP contribution in [-0.2, 0) is 0 Å². The second kappa shape index (κ2) is 3.95.